The summed E-state index contributed by atoms with van der Waals surface area (Å²) in [6, 6.07) is 14.9. The summed E-state index contributed by atoms with van der Waals surface area (Å²) in [7, 11) is 1.45. The molecule has 0 aromatic heterocycles. The molecule has 0 N–H and O–H groups in total. The van der Waals surface area contributed by atoms with Crippen molar-refractivity contribution in [2.75, 3.05) is 13.7 Å². The number of benzene rings is 2. The number of likely N-dealkylation sites (tertiary alicyclic amines) is 1. The number of esters is 1. The fourth-order valence-corrected chi connectivity index (χ4v) is 3.54. The highest BCUT2D eigenvalue weighted by Crippen LogP contribution is 2.25. The van der Waals surface area contributed by atoms with Crippen molar-refractivity contribution >= 4 is 17.6 Å². The minimum atomic E-state index is -0.698. The maximum absolute atomic E-state index is 13.2. The Bertz CT molecular complexity index is 936. The summed E-state index contributed by atoms with van der Waals surface area (Å²) in [5, 5.41) is 3.96. The molecule has 1 saturated heterocycles. The summed E-state index contributed by atoms with van der Waals surface area (Å²) < 4.78 is 5.49. The molecule has 30 heavy (non-hydrogen) atoms. The van der Waals surface area contributed by atoms with E-state index in [9.17, 15) is 9.59 Å². The zero-order valence-corrected chi connectivity index (χ0v) is 17.9. The Morgan fingerprint density at radius 2 is 1.87 bits per heavy atom. The lowest BCUT2D eigenvalue weighted by atomic mass is 9.99. The van der Waals surface area contributed by atoms with Gasteiger partial charge in [0.2, 0.25) is 0 Å². The molecule has 1 unspecified atom stereocenters. The first-order chi connectivity index (χ1) is 14.4. The average Bonchev–Trinajstić information content (AvgIpc) is 3.18. The van der Waals surface area contributed by atoms with E-state index >= 15 is 0 Å². The molecule has 2 aromatic carbocycles. The van der Waals surface area contributed by atoms with Crippen LogP contribution in [0.3, 0.4) is 0 Å². The van der Waals surface area contributed by atoms with Crippen LogP contribution in [0.1, 0.15) is 42.6 Å². The molecular weight excluding hydrogens is 380 g/mol. The Kier molecular flexibility index (Phi) is 6.87. The van der Waals surface area contributed by atoms with Gasteiger partial charge in [0.1, 0.15) is 13.2 Å². The van der Waals surface area contributed by atoms with Crippen LogP contribution in [0.2, 0.25) is 0 Å². The Morgan fingerprint density at radius 3 is 2.50 bits per heavy atom. The predicted octanol–water partition coefficient (Wildman–Crippen LogP) is 4.22. The van der Waals surface area contributed by atoms with E-state index in [-0.39, 0.29) is 18.6 Å². The fraction of sp³-hybridized carbons (Fsp3) is 0.375. The van der Waals surface area contributed by atoms with Gasteiger partial charge < -0.3 is 14.5 Å². The molecule has 0 saturated carbocycles. The zero-order chi connectivity index (χ0) is 21.7. The van der Waals surface area contributed by atoms with Gasteiger partial charge in [-0.05, 0) is 49.1 Å². The number of hydrogen-bond donors (Lipinski definition) is 0. The fourth-order valence-electron chi connectivity index (χ4n) is 3.54. The molecule has 3 rings (SSSR count). The van der Waals surface area contributed by atoms with Crippen molar-refractivity contribution in [2.24, 2.45) is 5.16 Å². The van der Waals surface area contributed by atoms with Crippen LogP contribution >= 0.6 is 0 Å². The lowest BCUT2D eigenvalue weighted by Crippen LogP contribution is -2.42. The van der Waals surface area contributed by atoms with Crippen LogP contribution in [0.15, 0.2) is 53.7 Å². The third-order valence-electron chi connectivity index (χ3n) is 5.39. The molecule has 2 atom stereocenters. The van der Waals surface area contributed by atoms with E-state index in [2.05, 4.69) is 24.2 Å². The van der Waals surface area contributed by atoms with Gasteiger partial charge in [-0.15, -0.1) is 0 Å². The number of carbonyl (C=O) groups excluding carboxylic acids is 2. The van der Waals surface area contributed by atoms with E-state index in [1.165, 1.54) is 17.6 Å². The lowest BCUT2D eigenvalue weighted by molar-refractivity contribution is -0.152. The zero-order valence-electron chi connectivity index (χ0n) is 17.9. The molecule has 1 amide bonds. The first-order valence-electron chi connectivity index (χ1n) is 10.2. The second-order valence-corrected chi connectivity index (χ2v) is 7.54. The van der Waals surface area contributed by atoms with Crippen molar-refractivity contribution in [3.05, 3.63) is 59.7 Å². The molecule has 1 fully saturated rings. The highest BCUT2D eigenvalue weighted by Gasteiger charge is 2.40. The number of nitrogens with zero attached hydrogens (tertiary/aromatic N) is 2. The molecule has 2 aromatic rings. The maximum Gasteiger partial charge on any atom is 0.329 e. The Labute approximate surface area is 177 Å². The quantitative estimate of drug-likeness (QED) is 0.530. The van der Waals surface area contributed by atoms with Crippen molar-refractivity contribution in [3.63, 3.8) is 0 Å². The van der Waals surface area contributed by atoms with Crippen LogP contribution in [0.5, 0.6) is 0 Å². The minimum absolute atomic E-state index is 0.203. The molecule has 158 valence electrons. The van der Waals surface area contributed by atoms with Gasteiger partial charge in [0, 0.05) is 12.0 Å². The van der Waals surface area contributed by atoms with E-state index in [4.69, 9.17) is 9.57 Å². The normalized spacial score (nSPS) is 18.3. The molecule has 6 heteroatoms. The van der Waals surface area contributed by atoms with Crippen LogP contribution in [0, 0.1) is 6.92 Å². The summed E-state index contributed by atoms with van der Waals surface area (Å²) in [5.41, 5.74) is 4.51. The monoisotopic (exact) mass is 408 g/mol. The molecule has 1 heterocycles. The second-order valence-electron chi connectivity index (χ2n) is 7.54. The topological polar surface area (TPSA) is 68.2 Å². The number of hydrogen-bond acceptors (Lipinski definition) is 5. The van der Waals surface area contributed by atoms with Gasteiger partial charge in [0.05, 0.1) is 18.4 Å². The van der Waals surface area contributed by atoms with Crippen molar-refractivity contribution in [2.45, 2.75) is 45.8 Å². The lowest BCUT2D eigenvalue weighted by Gasteiger charge is -2.24. The highest BCUT2D eigenvalue weighted by molar-refractivity contribution is 6.04. The summed E-state index contributed by atoms with van der Waals surface area (Å²) in [6.45, 7) is 6.09. The van der Waals surface area contributed by atoms with Crippen molar-refractivity contribution < 1.29 is 19.2 Å². The molecule has 1 aliphatic rings. The standard InChI is InChI=1S/C24H28N2O4/c1-5-17(3)30-24(28)22-14-20(25-29-4)15-26(22)23(27)19-12-10-18(11-13-19)21-9-7-6-8-16(21)2/h6-13,17,22H,5,14-15H2,1-4H3/b25-20+/t17?,22-/m0/s1. The molecule has 6 nitrogen and oxygen atoms in total. The molecule has 0 spiro atoms. The van der Waals surface area contributed by atoms with E-state index in [0.29, 0.717) is 24.1 Å². The Balaban J connectivity index is 1.83. The van der Waals surface area contributed by atoms with E-state index in [1.807, 2.05) is 38.1 Å². The SMILES string of the molecule is CCC(C)OC(=O)[C@@H]1C/C(=N\OC)CN1C(=O)c1ccc(-c2ccccc2C)cc1. The van der Waals surface area contributed by atoms with Gasteiger partial charge >= 0.3 is 5.97 Å². The number of amides is 1. The molecular formula is C24H28N2O4. The summed E-state index contributed by atoms with van der Waals surface area (Å²) >= 11 is 0. The van der Waals surface area contributed by atoms with E-state index in [1.54, 1.807) is 12.1 Å². The maximum atomic E-state index is 13.2. The summed E-state index contributed by atoms with van der Waals surface area (Å²) in [6.07, 6.45) is 0.827. The summed E-state index contributed by atoms with van der Waals surface area (Å²) in [4.78, 5) is 32.3. The molecule has 0 bridgehead atoms. The van der Waals surface area contributed by atoms with Gasteiger partial charge in [0.25, 0.3) is 5.91 Å². The van der Waals surface area contributed by atoms with Crippen LogP contribution in [-0.4, -0.2) is 48.3 Å². The average molecular weight is 408 g/mol. The smallest absolute Gasteiger partial charge is 0.329 e. The number of rotatable bonds is 6. The third-order valence-corrected chi connectivity index (χ3v) is 5.39. The number of aryl methyl sites for hydroxylation is 1. The summed E-state index contributed by atoms with van der Waals surface area (Å²) in [5.74, 6) is -0.630. The first kappa shape index (κ1) is 21.6. The van der Waals surface area contributed by atoms with Gasteiger partial charge in [0.15, 0.2) is 0 Å². The number of oxime groups is 1. The number of carbonyl (C=O) groups is 2. The van der Waals surface area contributed by atoms with Gasteiger partial charge in [-0.1, -0.05) is 48.5 Å². The molecule has 0 radical (unpaired) electrons. The second kappa shape index (κ2) is 9.57. The first-order valence-corrected chi connectivity index (χ1v) is 10.2. The van der Waals surface area contributed by atoms with Gasteiger partial charge in [-0.25, -0.2) is 4.79 Å². The molecule has 1 aliphatic heterocycles. The number of ether oxygens (including phenoxy) is 1. The van der Waals surface area contributed by atoms with Crippen LogP contribution in [0.25, 0.3) is 11.1 Å². The molecule has 0 aliphatic carbocycles. The van der Waals surface area contributed by atoms with E-state index in [0.717, 1.165) is 11.1 Å². The Hall–Kier alpha value is -3.15. The third kappa shape index (κ3) is 4.70. The van der Waals surface area contributed by atoms with Gasteiger partial charge in [-0.2, -0.15) is 0 Å². The predicted molar refractivity (Wildman–Crippen MR) is 116 cm³/mol. The van der Waals surface area contributed by atoms with E-state index < -0.39 is 12.0 Å². The van der Waals surface area contributed by atoms with Crippen molar-refractivity contribution in [1.29, 1.82) is 0 Å². The largest absolute Gasteiger partial charge is 0.461 e. The Morgan fingerprint density at radius 1 is 1.17 bits per heavy atom. The van der Waals surface area contributed by atoms with Crippen molar-refractivity contribution in [1.82, 2.24) is 4.90 Å². The van der Waals surface area contributed by atoms with Crippen LogP contribution in [0.4, 0.5) is 0 Å². The highest BCUT2D eigenvalue weighted by atomic mass is 16.6. The van der Waals surface area contributed by atoms with Crippen molar-refractivity contribution in [3.8, 4) is 11.1 Å². The van der Waals surface area contributed by atoms with Crippen LogP contribution in [-0.2, 0) is 14.4 Å². The van der Waals surface area contributed by atoms with Gasteiger partial charge in [-0.3, -0.25) is 4.79 Å². The minimum Gasteiger partial charge on any atom is -0.461 e. The van der Waals surface area contributed by atoms with Crippen LogP contribution < -0.4 is 0 Å².